The van der Waals surface area contributed by atoms with Gasteiger partial charge in [-0.2, -0.15) is 0 Å². The Hall–Kier alpha value is -4.69. The molecule has 374 valence electrons. The lowest BCUT2D eigenvalue weighted by Gasteiger charge is -2.56. The van der Waals surface area contributed by atoms with Crippen LogP contribution in [0.15, 0.2) is 182 Å². The minimum Gasteiger partial charge on any atom is -0.404 e. The lowest BCUT2D eigenvalue weighted by atomic mass is 9.75. The molecule has 13 heteroatoms. The maximum absolute atomic E-state index is 13.3. The van der Waals surface area contributed by atoms with Crippen molar-refractivity contribution in [2.45, 2.75) is 112 Å². The molecule has 11 nitrogen and oxygen atoms in total. The average Bonchev–Trinajstić information content (AvgIpc) is 3.70. The summed E-state index contributed by atoms with van der Waals surface area (Å²) in [5.41, 5.74) is -2.55. The van der Waals surface area contributed by atoms with Crippen molar-refractivity contribution < 1.29 is 53.0 Å². The highest BCUT2D eigenvalue weighted by Crippen LogP contribution is 2.60. The fourth-order valence-electron chi connectivity index (χ4n) is 11.4. The number of rotatable bonds is 18. The monoisotopic (exact) mass is 996 g/mol. The van der Waals surface area contributed by atoms with Crippen molar-refractivity contribution in [3.63, 3.8) is 0 Å². The maximum atomic E-state index is 13.3. The molecular formula is C58H68O11Si2. The van der Waals surface area contributed by atoms with E-state index in [9.17, 15) is 20.4 Å². The quantitative estimate of drug-likeness (QED) is 0.0756. The van der Waals surface area contributed by atoms with E-state index in [1.165, 1.54) is 0 Å². The Morgan fingerprint density at radius 2 is 0.789 bits per heavy atom. The molecule has 0 radical (unpaired) electrons. The molecule has 9 rings (SSSR count). The van der Waals surface area contributed by atoms with E-state index < -0.39 is 93.7 Å². The van der Waals surface area contributed by atoms with Crippen LogP contribution < -0.4 is 20.7 Å². The summed E-state index contributed by atoms with van der Waals surface area (Å²) in [5, 5.41) is 54.6. The van der Waals surface area contributed by atoms with E-state index in [2.05, 4.69) is 90.1 Å². The van der Waals surface area contributed by atoms with Crippen LogP contribution in [0.1, 0.15) is 52.7 Å². The molecule has 3 fully saturated rings. The van der Waals surface area contributed by atoms with Gasteiger partial charge in [0.25, 0.3) is 16.6 Å². The molecule has 0 spiro atoms. The summed E-state index contributed by atoms with van der Waals surface area (Å²) in [7, 11) is -6.98. The Morgan fingerprint density at radius 3 is 1.17 bits per heavy atom. The molecule has 3 heterocycles. The molecule has 1 unspecified atom stereocenters. The molecule has 3 saturated heterocycles. The number of hydrogen-bond donors (Lipinski definition) is 4. The van der Waals surface area contributed by atoms with E-state index >= 15 is 0 Å². The zero-order valence-corrected chi connectivity index (χ0v) is 43.5. The molecule has 6 aromatic carbocycles. The molecular weight excluding hydrogens is 929 g/mol. The van der Waals surface area contributed by atoms with Gasteiger partial charge >= 0.3 is 0 Å². The maximum Gasteiger partial charge on any atom is 0.261 e. The van der Waals surface area contributed by atoms with Crippen LogP contribution >= 0.6 is 0 Å². The standard InChI is InChI=1S/C58H68O11Si2/c1-53(2,3)70(45-29-17-9-18-30-45,46-31-19-10-20-32-46)65-39-55-49(59)50(60)58(69-55,42-64-38-44-27-15-8-16-28-44)67-52-51(61)57(62,41-63-37-43-25-13-7-14-26-43)68-56(52,55)40-66-71(54(4,5)6,47-33-21-11-22-34-47)48-35-23-12-24-36-48/h7-36,49-52,59-62H,37-42H2,1-6H3/t49-,50-,51-,52+,55-,56+,57?,58+/m1/s1. The summed E-state index contributed by atoms with van der Waals surface area (Å²) in [4.78, 5) is 0. The Bertz CT molecular complexity index is 2580. The predicted molar refractivity (Wildman–Crippen MR) is 278 cm³/mol. The number of hydrogen-bond acceptors (Lipinski definition) is 11. The zero-order valence-electron chi connectivity index (χ0n) is 41.5. The van der Waals surface area contributed by atoms with Crippen LogP contribution in [0.5, 0.6) is 0 Å². The Balaban J connectivity index is 1.24. The van der Waals surface area contributed by atoms with Crippen molar-refractivity contribution in [2.75, 3.05) is 26.4 Å². The van der Waals surface area contributed by atoms with Gasteiger partial charge in [0.2, 0.25) is 11.6 Å². The molecule has 3 aliphatic rings. The van der Waals surface area contributed by atoms with Gasteiger partial charge in [-0.1, -0.05) is 224 Å². The molecule has 0 saturated carbocycles. The van der Waals surface area contributed by atoms with Crippen molar-refractivity contribution in [1.29, 1.82) is 0 Å². The highest BCUT2D eigenvalue weighted by Gasteiger charge is 2.84. The first-order valence-electron chi connectivity index (χ1n) is 24.6. The van der Waals surface area contributed by atoms with Gasteiger partial charge in [0.05, 0.1) is 26.4 Å². The second-order valence-corrected chi connectivity index (χ2v) is 30.0. The molecule has 2 bridgehead atoms. The largest absolute Gasteiger partial charge is 0.404 e. The average molecular weight is 997 g/mol. The van der Waals surface area contributed by atoms with Crippen molar-refractivity contribution in [3.8, 4) is 0 Å². The van der Waals surface area contributed by atoms with Crippen LogP contribution in [0.4, 0.5) is 0 Å². The Kier molecular flexibility index (Phi) is 14.4. The van der Waals surface area contributed by atoms with Crippen LogP contribution in [0.25, 0.3) is 0 Å². The minimum atomic E-state index is -3.50. The number of aliphatic hydroxyl groups is 4. The third-order valence-electron chi connectivity index (χ3n) is 14.9. The van der Waals surface area contributed by atoms with Gasteiger partial charge in [-0.15, -0.1) is 0 Å². The van der Waals surface area contributed by atoms with Gasteiger partial charge in [0, 0.05) is 0 Å². The smallest absolute Gasteiger partial charge is 0.261 e. The summed E-state index contributed by atoms with van der Waals surface area (Å²) in [5.74, 6) is -4.57. The van der Waals surface area contributed by atoms with Gasteiger partial charge < -0.3 is 53.0 Å². The molecule has 71 heavy (non-hydrogen) atoms. The van der Waals surface area contributed by atoms with E-state index in [-0.39, 0.29) is 19.8 Å². The molecule has 3 aliphatic heterocycles. The van der Waals surface area contributed by atoms with Crippen molar-refractivity contribution in [1.82, 2.24) is 0 Å². The number of benzene rings is 6. The summed E-state index contributed by atoms with van der Waals surface area (Å²) in [6.07, 6.45) is -6.97. The summed E-state index contributed by atoms with van der Waals surface area (Å²) < 4.78 is 49.5. The predicted octanol–water partition coefficient (Wildman–Crippen LogP) is 5.98. The molecule has 0 aromatic heterocycles. The first-order valence-corrected chi connectivity index (χ1v) is 28.4. The van der Waals surface area contributed by atoms with E-state index in [1.54, 1.807) is 0 Å². The highest BCUT2D eigenvalue weighted by molar-refractivity contribution is 7.00. The third-order valence-corrected chi connectivity index (χ3v) is 24.8. The fourth-order valence-corrected chi connectivity index (χ4v) is 20.6. The number of fused-ring (bicyclic) bond motifs is 4. The van der Waals surface area contributed by atoms with E-state index in [0.29, 0.717) is 0 Å². The second kappa shape index (κ2) is 20.0. The van der Waals surface area contributed by atoms with Crippen molar-refractivity contribution in [2.24, 2.45) is 0 Å². The van der Waals surface area contributed by atoms with E-state index in [4.69, 9.17) is 32.5 Å². The molecule has 0 aliphatic carbocycles. The normalized spacial score (nSPS) is 27.6. The SMILES string of the molecule is CC(C)(C)[Si](OC[C@]12OC(O)(COCc3ccccc3)[C@H](O)[C@@H]1O[C@@]1(COCc3ccccc3)O[C@]2(CO[Si](c2ccccc2)(c2ccccc2)C(C)(C)C)[C@H](O)[C@H]1O)(c1ccccc1)c1ccccc1. The van der Waals surface area contributed by atoms with Crippen LogP contribution in [0.2, 0.25) is 10.1 Å². The lowest BCUT2D eigenvalue weighted by molar-refractivity contribution is -0.408. The topological polar surface area (TPSA) is 146 Å². The molecule has 4 N–H and O–H groups in total. The second-order valence-electron chi connectivity index (χ2n) is 21.4. The van der Waals surface area contributed by atoms with Crippen molar-refractivity contribution in [3.05, 3.63) is 193 Å². The minimum absolute atomic E-state index is 0.0908. The molecule has 0 amide bonds. The van der Waals surface area contributed by atoms with Gasteiger partial charge in [-0.05, 0) is 42.0 Å². The van der Waals surface area contributed by atoms with Gasteiger partial charge in [-0.25, -0.2) is 0 Å². The molecule has 8 atom stereocenters. The van der Waals surface area contributed by atoms with Crippen LogP contribution in [-0.4, -0.2) is 111 Å². The summed E-state index contributed by atoms with van der Waals surface area (Å²) in [6.45, 7) is 11.4. The van der Waals surface area contributed by atoms with Crippen LogP contribution in [0, 0.1) is 0 Å². The molecule has 6 aromatic rings. The number of aliphatic hydroxyl groups excluding tert-OH is 3. The Morgan fingerprint density at radius 1 is 0.437 bits per heavy atom. The lowest BCUT2D eigenvalue weighted by Crippen LogP contribution is -2.77. The third kappa shape index (κ3) is 8.92. The fraction of sp³-hybridized carbons (Fsp3) is 0.379. The van der Waals surface area contributed by atoms with Crippen LogP contribution in [0.3, 0.4) is 0 Å². The van der Waals surface area contributed by atoms with Gasteiger partial charge in [-0.3, -0.25) is 0 Å². The zero-order chi connectivity index (χ0) is 50.2. The summed E-state index contributed by atoms with van der Waals surface area (Å²) in [6, 6.07) is 59.3. The van der Waals surface area contributed by atoms with Gasteiger partial charge in [0.15, 0.2) is 11.2 Å². The van der Waals surface area contributed by atoms with Crippen LogP contribution in [-0.2, 0) is 45.8 Å². The first kappa shape index (κ1) is 51.2. The first-order chi connectivity index (χ1) is 34.0. The van der Waals surface area contributed by atoms with Crippen molar-refractivity contribution >= 4 is 37.4 Å². The highest BCUT2D eigenvalue weighted by atomic mass is 28.4. The number of ether oxygens (including phenoxy) is 5. The van der Waals surface area contributed by atoms with Gasteiger partial charge in [0.1, 0.15) is 37.6 Å². The van der Waals surface area contributed by atoms with E-state index in [0.717, 1.165) is 31.9 Å². The Labute approximate surface area is 420 Å². The summed E-state index contributed by atoms with van der Waals surface area (Å²) >= 11 is 0. The van der Waals surface area contributed by atoms with E-state index in [1.807, 2.05) is 133 Å².